The molecule has 1 rings (SSSR count). The van der Waals surface area contributed by atoms with Crippen LogP contribution in [0, 0.1) is 19.8 Å². The summed E-state index contributed by atoms with van der Waals surface area (Å²) in [5.41, 5.74) is 1.29. The van der Waals surface area contributed by atoms with E-state index in [0.717, 1.165) is 16.7 Å². The summed E-state index contributed by atoms with van der Waals surface area (Å²) in [7, 11) is 0. The van der Waals surface area contributed by atoms with Crippen molar-refractivity contribution in [1.82, 2.24) is 0 Å². The highest BCUT2D eigenvalue weighted by Gasteiger charge is 2.45. The third kappa shape index (κ3) is 2.56. The van der Waals surface area contributed by atoms with E-state index in [0.29, 0.717) is 0 Å². The second-order valence-corrected chi connectivity index (χ2v) is 5.43. The standard InChI is InChI=1S/C15H22O3/c1-9(2)15(18,14(16)17)12(5)13-7-10(3)6-11(4)8-13/h6-9,12,18H,1-5H3,(H,16,17). The van der Waals surface area contributed by atoms with Crippen molar-refractivity contribution in [3.8, 4) is 0 Å². The van der Waals surface area contributed by atoms with Crippen molar-refractivity contribution in [2.75, 3.05) is 0 Å². The molecule has 3 nitrogen and oxygen atoms in total. The summed E-state index contributed by atoms with van der Waals surface area (Å²) < 4.78 is 0. The van der Waals surface area contributed by atoms with Crippen molar-refractivity contribution < 1.29 is 15.0 Å². The second-order valence-electron chi connectivity index (χ2n) is 5.43. The maximum Gasteiger partial charge on any atom is 0.336 e. The normalized spacial score (nSPS) is 16.4. The Bertz CT molecular complexity index is 431. The molecule has 0 saturated carbocycles. The van der Waals surface area contributed by atoms with Crippen molar-refractivity contribution in [2.24, 2.45) is 5.92 Å². The Balaban J connectivity index is 3.26. The molecule has 3 heteroatoms. The van der Waals surface area contributed by atoms with Gasteiger partial charge in [0.2, 0.25) is 0 Å². The van der Waals surface area contributed by atoms with Gasteiger partial charge >= 0.3 is 5.97 Å². The predicted molar refractivity (Wildman–Crippen MR) is 71.8 cm³/mol. The number of benzene rings is 1. The first kappa shape index (κ1) is 14.7. The first-order valence-electron chi connectivity index (χ1n) is 6.23. The summed E-state index contributed by atoms with van der Waals surface area (Å²) >= 11 is 0. The van der Waals surface area contributed by atoms with Gasteiger partial charge in [-0.2, -0.15) is 0 Å². The number of aryl methyl sites for hydroxylation is 2. The third-order valence-corrected chi connectivity index (χ3v) is 3.63. The molecule has 0 saturated heterocycles. The van der Waals surface area contributed by atoms with E-state index in [9.17, 15) is 15.0 Å². The molecule has 2 unspecified atom stereocenters. The first-order chi connectivity index (χ1) is 8.19. The molecule has 0 aliphatic heterocycles. The lowest BCUT2D eigenvalue weighted by molar-refractivity contribution is -0.166. The minimum Gasteiger partial charge on any atom is -0.479 e. The zero-order valence-electron chi connectivity index (χ0n) is 11.7. The van der Waals surface area contributed by atoms with Crippen LogP contribution < -0.4 is 0 Å². The van der Waals surface area contributed by atoms with Crippen LogP contribution in [-0.2, 0) is 4.79 Å². The average Bonchev–Trinajstić information content (AvgIpc) is 2.24. The number of aliphatic hydroxyl groups is 1. The summed E-state index contributed by atoms with van der Waals surface area (Å²) in [5, 5.41) is 19.8. The number of carbonyl (C=O) groups is 1. The Kier molecular flexibility index (Phi) is 4.17. The third-order valence-electron chi connectivity index (χ3n) is 3.63. The molecule has 0 aliphatic rings. The van der Waals surface area contributed by atoms with Crippen LogP contribution in [-0.4, -0.2) is 21.8 Å². The van der Waals surface area contributed by atoms with Crippen LogP contribution in [0.1, 0.15) is 43.4 Å². The van der Waals surface area contributed by atoms with Gasteiger partial charge in [0, 0.05) is 5.92 Å². The quantitative estimate of drug-likeness (QED) is 0.864. The molecule has 0 radical (unpaired) electrons. The number of hydrogen-bond acceptors (Lipinski definition) is 2. The van der Waals surface area contributed by atoms with E-state index in [1.807, 2.05) is 32.0 Å². The molecule has 1 aromatic rings. The molecule has 2 N–H and O–H groups in total. The highest BCUT2D eigenvalue weighted by molar-refractivity contribution is 5.79. The Morgan fingerprint density at radius 1 is 1.11 bits per heavy atom. The summed E-state index contributed by atoms with van der Waals surface area (Å²) in [6.45, 7) is 9.17. The van der Waals surface area contributed by atoms with Gasteiger partial charge in [0.15, 0.2) is 5.60 Å². The number of carboxylic acid groups (broad SMARTS) is 1. The zero-order chi connectivity index (χ0) is 14.1. The lowest BCUT2D eigenvalue weighted by Gasteiger charge is -2.34. The Labute approximate surface area is 108 Å². The van der Waals surface area contributed by atoms with Crippen LogP contribution in [0.15, 0.2) is 18.2 Å². The molecule has 0 spiro atoms. The lowest BCUT2D eigenvalue weighted by atomic mass is 9.75. The van der Waals surface area contributed by atoms with E-state index in [2.05, 4.69) is 0 Å². The van der Waals surface area contributed by atoms with E-state index in [-0.39, 0.29) is 5.92 Å². The van der Waals surface area contributed by atoms with Crippen LogP contribution in [0.25, 0.3) is 0 Å². The Morgan fingerprint density at radius 3 is 1.89 bits per heavy atom. The minimum absolute atomic E-state index is 0.356. The molecule has 2 atom stereocenters. The van der Waals surface area contributed by atoms with Gasteiger partial charge in [-0.25, -0.2) is 4.79 Å². The van der Waals surface area contributed by atoms with Gasteiger partial charge in [0.1, 0.15) is 0 Å². The Morgan fingerprint density at radius 2 is 1.56 bits per heavy atom. The summed E-state index contributed by atoms with van der Waals surface area (Å²) in [6, 6.07) is 5.91. The fourth-order valence-corrected chi connectivity index (χ4v) is 2.45. The molecule has 100 valence electrons. The molecule has 0 aliphatic carbocycles. The van der Waals surface area contributed by atoms with Gasteiger partial charge in [-0.05, 0) is 25.3 Å². The van der Waals surface area contributed by atoms with Crippen molar-refractivity contribution in [3.05, 3.63) is 34.9 Å². The molecular formula is C15H22O3. The molecule has 1 aromatic carbocycles. The molecule has 0 heterocycles. The van der Waals surface area contributed by atoms with Crippen LogP contribution in [0.3, 0.4) is 0 Å². The maximum atomic E-state index is 11.4. The van der Waals surface area contributed by atoms with Crippen molar-refractivity contribution in [2.45, 2.75) is 46.1 Å². The van der Waals surface area contributed by atoms with Gasteiger partial charge in [-0.1, -0.05) is 50.1 Å². The van der Waals surface area contributed by atoms with Crippen LogP contribution in [0.4, 0.5) is 0 Å². The van der Waals surface area contributed by atoms with E-state index in [1.165, 1.54) is 0 Å². The highest BCUT2D eigenvalue weighted by Crippen LogP contribution is 2.35. The average molecular weight is 250 g/mol. The second kappa shape index (κ2) is 5.11. The van der Waals surface area contributed by atoms with Crippen LogP contribution in [0.5, 0.6) is 0 Å². The summed E-state index contributed by atoms with van der Waals surface area (Å²) in [4.78, 5) is 11.4. The van der Waals surface area contributed by atoms with E-state index >= 15 is 0 Å². The summed E-state index contributed by atoms with van der Waals surface area (Å²) in [6.07, 6.45) is 0. The van der Waals surface area contributed by atoms with Crippen LogP contribution in [0.2, 0.25) is 0 Å². The highest BCUT2D eigenvalue weighted by atomic mass is 16.4. The molecule has 18 heavy (non-hydrogen) atoms. The van der Waals surface area contributed by atoms with Crippen LogP contribution >= 0.6 is 0 Å². The molecular weight excluding hydrogens is 228 g/mol. The van der Waals surface area contributed by atoms with Crippen molar-refractivity contribution in [1.29, 1.82) is 0 Å². The number of carboxylic acids is 1. The minimum atomic E-state index is -1.74. The Hall–Kier alpha value is -1.35. The smallest absolute Gasteiger partial charge is 0.336 e. The topological polar surface area (TPSA) is 57.5 Å². The molecule has 0 aromatic heterocycles. The van der Waals surface area contributed by atoms with Gasteiger partial charge in [0.25, 0.3) is 0 Å². The monoisotopic (exact) mass is 250 g/mol. The van der Waals surface area contributed by atoms with E-state index < -0.39 is 17.5 Å². The predicted octanol–water partition coefficient (Wildman–Crippen LogP) is 2.88. The van der Waals surface area contributed by atoms with Crippen molar-refractivity contribution >= 4 is 5.97 Å². The fourth-order valence-electron chi connectivity index (χ4n) is 2.45. The molecule has 0 amide bonds. The van der Waals surface area contributed by atoms with Gasteiger partial charge in [-0.15, -0.1) is 0 Å². The molecule has 0 fully saturated rings. The number of hydrogen-bond donors (Lipinski definition) is 2. The number of aliphatic carboxylic acids is 1. The van der Waals surface area contributed by atoms with Gasteiger partial charge in [0.05, 0.1) is 0 Å². The zero-order valence-corrected chi connectivity index (χ0v) is 11.7. The SMILES string of the molecule is Cc1cc(C)cc(C(C)C(O)(C(=O)O)C(C)C)c1. The van der Waals surface area contributed by atoms with Crippen molar-refractivity contribution in [3.63, 3.8) is 0 Å². The fraction of sp³-hybridized carbons (Fsp3) is 0.533. The van der Waals surface area contributed by atoms with Gasteiger partial charge < -0.3 is 10.2 Å². The largest absolute Gasteiger partial charge is 0.479 e. The maximum absolute atomic E-state index is 11.4. The van der Waals surface area contributed by atoms with Gasteiger partial charge in [-0.3, -0.25) is 0 Å². The first-order valence-corrected chi connectivity index (χ1v) is 6.23. The van der Waals surface area contributed by atoms with E-state index in [4.69, 9.17) is 0 Å². The summed E-state index contributed by atoms with van der Waals surface area (Å²) in [5.74, 6) is -1.97. The van der Waals surface area contributed by atoms with E-state index in [1.54, 1.807) is 20.8 Å². The lowest BCUT2D eigenvalue weighted by Crippen LogP contribution is -2.48. The number of rotatable bonds is 4. The molecule has 0 bridgehead atoms.